The molecule has 5 heteroatoms. The van der Waals surface area contributed by atoms with Crippen LogP contribution in [-0.4, -0.2) is 40.7 Å². The predicted molar refractivity (Wildman–Crippen MR) is 71.1 cm³/mol. The van der Waals surface area contributed by atoms with Gasteiger partial charge in [0.25, 0.3) is 5.91 Å². The topological polar surface area (TPSA) is 47.6 Å². The van der Waals surface area contributed by atoms with Crippen molar-refractivity contribution >= 4 is 17.0 Å². The Kier molecular flexibility index (Phi) is 2.86. The Hall–Kier alpha value is -1.75. The van der Waals surface area contributed by atoms with Crippen molar-refractivity contribution in [2.45, 2.75) is 26.1 Å². The first-order valence-corrected chi connectivity index (χ1v) is 6.54. The van der Waals surface area contributed by atoms with Gasteiger partial charge in [-0.15, -0.1) is 0 Å². The minimum atomic E-state index is 0.0379. The molecule has 5 nitrogen and oxygen atoms in total. The van der Waals surface area contributed by atoms with Gasteiger partial charge in [-0.05, 0) is 13.8 Å². The van der Waals surface area contributed by atoms with E-state index in [4.69, 9.17) is 9.15 Å². The Bertz CT molecular complexity index is 603. The number of hydrogen-bond acceptors (Lipinski definition) is 3. The lowest BCUT2D eigenvalue weighted by atomic mass is 10.2. The summed E-state index contributed by atoms with van der Waals surface area (Å²) in [7, 11) is 1.89. The van der Waals surface area contributed by atoms with Gasteiger partial charge in [0.05, 0.1) is 24.0 Å². The molecule has 0 aliphatic carbocycles. The first-order chi connectivity index (χ1) is 9.06. The van der Waals surface area contributed by atoms with Crippen LogP contribution in [0.1, 0.15) is 24.3 Å². The largest absolute Gasteiger partial charge is 0.463 e. The number of ether oxygens (including phenoxy) is 1. The molecule has 0 N–H and O–H groups in total. The highest BCUT2D eigenvalue weighted by atomic mass is 16.5. The van der Waals surface area contributed by atoms with Gasteiger partial charge in [-0.3, -0.25) is 4.79 Å². The maximum Gasteiger partial charge on any atom is 0.270 e. The second kappa shape index (κ2) is 4.42. The quantitative estimate of drug-likeness (QED) is 0.790. The maximum absolute atomic E-state index is 12.6. The summed E-state index contributed by atoms with van der Waals surface area (Å²) in [5, 5.41) is 0. The fourth-order valence-corrected chi connectivity index (χ4v) is 2.76. The second-order valence-corrected chi connectivity index (χ2v) is 5.23. The third-order valence-corrected chi connectivity index (χ3v) is 3.59. The molecular weight excluding hydrogens is 244 g/mol. The molecule has 1 aliphatic heterocycles. The van der Waals surface area contributed by atoms with E-state index in [1.807, 2.05) is 42.5 Å². The summed E-state index contributed by atoms with van der Waals surface area (Å²) in [5.41, 5.74) is 2.36. The second-order valence-electron chi connectivity index (χ2n) is 5.23. The van der Waals surface area contributed by atoms with E-state index >= 15 is 0 Å². The maximum atomic E-state index is 12.6. The molecule has 2 atom stereocenters. The number of carbonyl (C=O) groups is 1. The monoisotopic (exact) mass is 262 g/mol. The van der Waals surface area contributed by atoms with Crippen molar-refractivity contribution in [3.05, 3.63) is 24.1 Å². The Balaban J connectivity index is 1.90. The van der Waals surface area contributed by atoms with E-state index in [0.717, 1.165) is 11.1 Å². The van der Waals surface area contributed by atoms with Gasteiger partial charge in [-0.2, -0.15) is 0 Å². The van der Waals surface area contributed by atoms with Gasteiger partial charge in [0.15, 0.2) is 5.58 Å². The van der Waals surface area contributed by atoms with Gasteiger partial charge < -0.3 is 18.6 Å². The smallest absolute Gasteiger partial charge is 0.270 e. The molecule has 1 amide bonds. The highest BCUT2D eigenvalue weighted by molar-refractivity contribution is 5.97. The van der Waals surface area contributed by atoms with Crippen LogP contribution in [0.4, 0.5) is 0 Å². The fourth-order valence-electron chi connectivity index (χ4n) is 2.76. The van der Waals surface area contributed by atoms with Crippen molar-refractivity contribution < 1.29 is 13.9 Å². The van der Waals surface area contributed by atoms with Crippen LogP contribution >= 0.6 is 0 Å². The fraction of sp³-hybridized carbons (Fsp3) is 0.500. The molecule has 3 rings (SSSR count). The van der Waals surface area contributed by atoms with Crippen LogP contribution in [0.25, 0.3) is 11.1 Å². The van der Waals surface area contributed by atoms with Crippen LogP contribution < -0.4 is 0 Å². The molecule has 0 radical (unpaired) electrons. The summed E-state index contributed by atoms with van der Waals surface area (Å²) < 4.78 is 12.9. The van der Waals surface area contributed by atoms with Crippen LogP contribution in [0.2, 0.25) is 0 Å². The van der Waals surface area contributed by atoms with Crippen molar-refractivity contribution in [3.8, 4) is 0 Å². The lowest BCUT2D eigenvalue weighted by molar-refractivity contribution is -0.0588. The van der Waals surface area contributed by atoms with E-state index in [0.29, 0.717) is 18.8 Å². The standard InChI is InChI=1S/C14H18N2O3/c1-9-7-16(8-10(2)19-9)14(17)12-6-13-11(15(12)3)4-5-18-13/h4-6,9-10H,7-8H2,1-3H3. The van der Waals surface area contributed by atoms with Crippen LogP contribution in [0, 0.1) is 0 Å². The molecule has 1 saturated heterocycles. The molecule has 3 heterocycles. The Labute approximate surface area is 111 Å². The molecule has 19 heavy (non-hydrogen) atoms. The zero-order valence-corrected chi connectivity index (χ0v) is 11.4. The minimum absolute atomic E-state index is 0.0379. The number of aryl methyl sites for hydroxylation is 1. The zero-order chi connectivity index (χ0) is 13.6. The number of hydrogen-bond donors (Lipinski definition) is 0. The summed E-state index contributed by atoms with van der Waals surface area (Å²) in [6.45, 7) is 5.25. The number of rotatable bonds is 1. The van der Waals surface area contributed by atoms with Crippen LogP contribution in [0.15, 0.2) is 22.8 Å². The van der Waals surface area contributed by atoms with Crippen LogP contribution in [0.5, 0.6) is 0 Å². The lowest BCUT2D eigenvalue weighted by Crippen LogP contribution is -2.48. The van der Waals surface area contributed by atoms with Crippen molar-refractivity contribution in [3.63, 3.8) is 0 Å². The summed E-state index contributed by atoms with van der Waals surface area (Å²) >= 11 is 0. The molecule has 0 aromatic carbocycles. The van der Waals surface area contributed by atoms with E-state index in [1.54, 1.807) is 6.26 Å². The summed E-state index contributed by atoms with van der Waals surface area (Å²) in [4.78, 5) is 14.4. The van der Waals surface area contributed by atoms with E-state index in [-0.39, 0.29) is 18.1 Å². The average Bonchev–Trinajstić information content (AvgIpc) is 2.91. The number of fused-ring (bicyclic) bond motifs is 1. The highest BCUT2D eigenvalue weighted by Crippen LogP contribution is 2.22. The van der Waals surface area contributed by atoms with Gasteiger partial charge in [-0.1, -0.05) is 0 Å². The van der Waals surface area contributed by atoms with E-state index in [2.05, 4.69) is 0 Å². The summed E-state index contributed by atoms with van der Waals surface area (Å²) in [5.74, 6) is 0.0379. The van der Waals surface area contributed by atoms with Gasteiger partial charge in [0, 0.05) is 32.3 Å². The zero-order valence-electron chi connectivity index (χ0n) is 11.4. The predicted octanol–water partition coefficient (Wildman–Crippen LogP) is 2.02. The molecular formula is C14H18N2O3. The first kappa shape index (κ1) is 12.3. The molecule has 2 unspecified atom stereocenters. The normalized spacial score (nSPS) is 24.1. The van der Waals surface area contributed by atoms with E-state index < -0.39 is 0 Å². The molecule has 102 valence electrons. The van der Waals surface area contributed by atoms with Gasteiger partial charge in [-0.25, -0.2) is 0 Å². The molecule has 0 saturated carbocycles. The molecule has 2 aromatic heterocycles. The Morgan fingerprint density at radius 1 is 1.32 bits per heavy atom. The number of aromatic nitrogens is 1. The number of morpholine rings is 1. The minimum Gasteiger partial charge on any atom is -0.463 e. The third kappa shape index (κ3) is 2.04. The molecule has 2 aromatic rings. The van der Waals surface area contributed by atoms with Crippen molar-refractivity contribution in [1.82, 2.24) is 9.47 Å². The number of furan rings is 1. The van der Waals surface area contributed by atoms with Crippen molar-refractivity contribution in [2.24, 2.45) is 7.05 Å². The van der Waals surface area contributed by atoms with Crippen molar-refractivity contribution in [2.75, 3.05) is 13.1 Å². The summed E-state index contributed by atoms with van der Waals surface area (Å²) in [6.07, 6.45) is 1.80. The SMILES string of the molecule is CC1CN(C(=O)c2cc3occc3n2C)CC(C)O1. The van der Waals surface area contributed by atoms with Gasteiger partial charge in [0.2, 0.25) is 0 Å². The number of nitrogens with zero attached hydrogens (tertiary/aromatic N) is 2. The van der Waals surface area contributed by atoms with Crippen molar-refractivity contribution in [1.29, 1.82) is 0 Å². The highest BCUT2D eigenvalue weighted by Gasteiger charge is 2.28. The Morgan fingerprint density at radius 3 is 2.63 bits per heavy atom. The molecule has 1 aliphatic rings. The number of carbonyl (C=O) groups excluding carboxylic acids is 1. The number of amides is 1. The van der Waals surface area contributed by atoms with Crippen LogP contribution in [0.3, 0.4) is 0 Å². The lowest BCUT2D eigenvalue weighted by Gasteiger charge is -2.35. The molecule has 1 fully saturated rings. The van der Waals surface area contributed by atoms with Crippen LogP contribution in [-0.2, 0) is 11.8 Å². The molecule has 0 bridgehead atoms. The van der Waals surface area contributed by atoms with E-state index in [1.165, 1.54) is 0 Å². The average molecular weight is 262 g/mol. The third-order valence-electron chi connectivity index (χ3n) is 3.59. The molecule has 0 spiro atoms. The van der Waals surface area contributed by atoms with E-state index in [9.17, 15) is 4.79 Å². The van der Waals surface area contributed by atoms with Gasteiger partial charge in [0.1, 0.15) is 5.69 Å². The van der Waals surface area contributed by atoms with Gasteiger partial charge >= 0.3 is 0 Å². The summed E-state index contributed by atoms with van der Waals surface area (Å²) in [6, 6.07) is 3.68. The first-order valence-electron chi connectivity index (χ1n) is 6.54. The Morgan fingerprint density at radius 2 is 2.00 bits per heavy atom.